The van der Waals surface area contributed by atoms with E-state index < -0.39 is 5.92 Å². The highest BCUT2D eigenvalue weighted by atomic mass is 16.2. The number of hydrogen-bond acceptors (Lipinski definition) is 4. The zero-order valence-electron chi connectivity index (χ0n) is 19.6. The van der Waals surface area contributed by atoms with E-state index in [1.54, 1.807) is 24.3 Å². The van der Waals surface area contributed by atoms with Crippen LogP contribution in [-0.4, -0.2) is 34.9 Å². The van der Waals surface area contributed by atoms with Crippen molar-refractivity contribution in [1.29, 1.82) is 0 Å². The van der Waals surface area contributed by atoms with Gasteiger partial charge in [-0.05, 0) is 36.1 Å². The summed E-state index contributed by atoms with van der Waals surface area (Å²) < 4.78 is 0. The van der Waals surface area contributed by atoms with E-state index in [1.807, 2.05) is 67.6 Å². The minimum Gasteiger partial charge on any atom is -0.346 e. The molecule has 0 radical (unpaired) electrons. The van der Waals surface area contributed by atoms with Crippen molar-refractivity contribution in [3.63, 3.8) is 0 Å². The van der Waals surface area contributed by atoms with E-state index in [4.69, 9.17) is 0 Å². The molecule has 1 aliphatic rings. The van der Waals surface area contributed by atoms with E-state index in [9.17, 15) is 19.2 Å². The first-order chi connectivity index (χ1) is 16.9. The van der Waals surface area contributed by atoms with Gasteiger partial charge in [0.05, 0.1) is 18.5 Å². The third-order valence-corrected chi connectivity index (χ3v) is 6.29. The normalized spacial score (nSPS) is 16.3. The lowest BCUT2D eigenvalue weighted by atomic mass is 9.98. The van der Waals surface area contributed by atoms with E-state index in [0.29, 0.717) is 17.5 Å². The molecule has 35 heavy (non-hydrogen) atoms. The van der Waals surface area contributed by atoms with E-state index >= 15 is 0 Å². The number of Topliss-reactive ketones (excluding diaryl/α,β-unsaturated/α-hetero) is 1. The minimum absolute atomic E-state index is 0.0380. The summed E-state index contributed by atoms with van der Waals surface area (Å²) in [5.41, 5.74) is 2.93. The number of likely N-dealkylation sites (tertiary alicyclic amines) is 1. The van der Waals surface area contributed by atoms with Crippen LogP contribution in [0.3, 0.4) is 0 Å². The van der Waals surface area contributed by atoms with Crippen molar-refractivity contribution in [3.8, 4) is 0 Å². The summed E-state index contributed by atoms with van der Waals surface area (Å²) in [6, 6.07) is 25.9. The van der Waals surface area contributed by atoms with E-state index in [2.05, 4.69) is 5.32 Å². The van der Waals surface area contributed by atoms with Crippen LogP contribution >= 0.6 is 0 Å². The number of rotatable bonds is 9. The third kappa shape index (κ3) is 5.90. The SMILES string of the molecule is CC(NC(=O)c1ccccc1CC(=O)CN1C(=O)CC(Cc2ccccc2)C1=O)c1ccccc1. The van der Waals surface area contributed by atoms with Gasteiger partial charge in [-0.1, -0.05) is 78.9 Å². The molecule has 0 aromatic heterocycles. The number of ketones is 1. The van der Waals surface area contributed by atoms with Gasteiger partial charge in [0.1, 0.15) is 0 Å². The lowest BCUT2D eigenvalue weighted by molar-refractivity contribution is -0.142. The Morgan fingerprint density at radius 1 is 0.914 bits per heavy atom. The van der Waals surface area contributed by atoms with Crippen LogP contribution in [0.25, 0.3) is 0 Å². The predicted octanol–water partition coefficient (Wildman–Crippen LogP) is 3.91. The summed E-state index contributed by atoms with van der Waals surface area (Å²) in [6.45, 7) is 1.62. The minimum atomic E-state index is -0.449. The van der Waals surface area contributed by atoms with Crippen molar-refractivity contribution >= 4 is 23.5 Å². The Kier molecular flexibility index (Phi) is 7.51. The van der Waals surface area contributed by atoms with E-state index in [0.717, 1.165) is 16.0 Å². The number of nitrogens with zero attached hydrogens (tertiary/aromatic N) is 1. The quantitative estimate of drug-likeness (QED) is 0.483. The lowest BCUT2D eigenvalue weighted by Gasteiger charge is -2.17. The van der Waals surface area contributed by atoms with Crippen LogP contribution in [0, 0.1) is 5.92 Å². The maximum absolute atomic E-state index is 13.0. The van der Waals surface area contributed by atoms with Crippen molar-refractivity contribution < 1.29 is 19.2 Å². The van der Waals surface area contributed by atoms with Crippen molar-refractivity contribution in [2.45, 2.75) is 32.2 Å². The third-order valence-electron chi connectivity index (χ3n) is 6.29. The summed E-state index contributed by atoms with van der Waals surface area (Å²) >= 11 is 0. The predicted molar refractivity (Wildman–Crippen MR) is 132 cm³/mol. The van der Waals surface area contributed by atoms with Crippen molar-refractivity contribution in [1.82, 2.24) is 10.2 Å². The van der Waals surface area contributed by atoms with Crippen molar-refractivity contribution in [2.24, 2.45) is 5.92 Å². The zero-order chi connectivity index (χ0) is 24.8. The maximum Gasteiger partial charge on any atom is 0.252 e. The summed E-state index contributed by atoms with van der Waals surface area (Å²) in [6.07, 6.45) is 0.541. The molecule has 1 fully saturated rings. The fraction of sp³-hybridized carbons (Fsp3) is 0.241. The summed E-state index contributed by atoms with van der Waals surface area (Å²) in [4.78, 5) is 52.2. The van der Waals surface area contributed by atoms with Gasteiger partial charge in [0.25, 0.3) is 5.91 Å². The Labute approximate surface area is 205 Å². The second-order valence-electron chi connectivity index (χ2n) is 8.89. The number of carbonyl (C=O) groups excluding carboxylic acids is 4. The Morgan fingerprint density at radius 2 is 1.54 bits per heavy atom. The number of nitrogens with one attached hydrogen (secondary N) is 1. The van der Waals surface area contributed by atoms with Crippen LogP contribution < -0.4 is 5.32 Å². The van der Waals surface area contributed by atoms with Gasteiger partial charge in [0.15, 0.2) is 5.78 Å². The zero-order valence-corrected chi connectivity index (χ0v) is 19.6. The molecule has 1 N–H and O–H groups in total. The highest BCUT2D eigenvalue weighted by Crippen LogP contribution is 2.24. The second kappa shape index (κ2) is 10.9. The number of carbonyl (C=O) groups is 4. The Bertz CT molecular complexity index is 1220. The molecule has 0 saturated carbocycles. The van der Waals surface area contributed by atoms with Crippen LogP contribution in [0.5, 0.6) is 0 Å². The molecule has 3 aromatic carbocycles. The van der Waals surface area contributed by atoms with E-state index in [1.165, 1.54) is 0 Å². The highest BCUT2D eigenvalue weighted by molar-refractivity contribution is 6.06. The molecule has 0 aliphatic carbocycles. The van der Waals surface area contributed by atoms with Gasteiger partial charge in [-0.25, -0.2) is 0 Å². The first-order valence-corrected chi connectivity index (χ1v) is 11.8. The molecule has 1 aliphatic heterocycles. The van der Waals surface area contributed by atoms with Crippen molar-refractivity contribution in [2.75, 3.05) is 6.54 Å². The number of benzene rings is 3. The first-order valence-electron chi connectivity index (χ1n) is 11.8. The van der Waals surface area contributed by atoms with Crippen LogP contribution in [0.15, 0.2) is 84.9 Å². The number of amides is 3. The maximum atomic E-state index is 13.0. The molecule has 6 heteroatoms. The Hall–Kier alpha value is -4.06. The monoisotopic (exact) mass is 468 g/mol. The molecule has 6 nitrogen and oxygen atoms in total. The fourth-order valence-electron chi connectivity index (χ4n) is 4.42. The van der Waals surface area contributed by atoms with Crippen LogP contribution in [-0.2, 0) is 27.2 Å². The molecule has 0 spiro atoms. The fourth-order valence-corrected chi connectivity index (χ4v) is 4.42. The Balaban J connectivity index is 1.39. The molecular weight excluding hydrogens is 440 g/mol. The molecule has 2 unspecified atom stereocenters. The second-order valence-corrected chi connectivity index (χ2v) is 8.89. The molecule has 3 aromatic rings. The average Bonchev–Trinajstić information content (AvgIpc) is 3.12. The molecular formula is C29H28N2O4. The first kappa shape index (κ1) is 24.1. The van der Waals surface area contributed by atoms with Gasteiger partial charge in [-0.2, -0.15) is 0 Å². The molecule has 0 bridgehead atoms. The topological polar surface area (TPSA) is 83.6 Å². The van der Waals surface area contributed by atoms with Gasteiger partial charge >= 0.3 is 0 Å². The van der Waals surface area contributed by atoms with Gasteiger partial charge < -0.3 is 5.32 Å². The molecule has 1 saturated heterocycles. The van der Waals surface area contributed by atoms with Gasteiger partial charge in [0, 0.05) is 18.4 Å². The largest absolute Gasteiger partial charge is 0.346 e. The van der Waals surface area contributed by atoms with Gasteiger partial charge in [0.2, 0.25) is 11.8 Å². The standard InChI is InChI=1S/C29H28N2O4/c1-20(22-12-6-3-7-13-22)30-28(34)26-15-9-8-14-23(26)17-25(32)19-31-27(33)18-24(29(31)35)16-21-10-4-2-5-11-21/h2-15,20,24H,16-19H2,1H3,(H,30,34). The highest BCUT2D eigenvalue weighted by Gasteiger charge is 2.39. The van der Waals surface area contributed by atoms with Gasteiger partial charge in [-0.3, -0.25) is 24.1 Å². The average molecular weight is 469 g/mol. The van der Waals surface area contributed by atoms with Crippen LogP contribution in [0.1, 0.15) is 46.4 Å². The molecule has 1 heterocycles. The van der Waals surface area contributed by atoms with Crippen LogP contribution in [0.2, 0.25) is 0 Å². The summed E-state index contributed by atoms with van der Waals surface area (Å²) in [5.74, 6) is -1.65. The lowest BCUT2D eigenvalue weighted by Crippen LogP contribution is -2.36. The smallest absolute Gasteiger partial charge is 0.252 e. The molecule has 3 amide bonds. The summed E-state index contributed by atoms with van der Waals surface area (Å²) in [5, 5.41) is 2.97. The Morgan fingerprint density at radius 3 is 2.26 bits per heavy atom. The van der Waals surface area contributed by atoms with Gasteiger partial charge in [-0.15, -0.1) is 0 Å². The molecule has 178 valence electrons. The van der Waals surface area contributed by atoms with Crippen molar-refractivity contribution in [3.05, 3.63) is 107 Å². The summed E-state index contributed by atoms with van der Waals surface area (Å²) in [7, 11) is 0. The number of hydrogen-bond donors (Lipinski definition) is 1. The number of imide groups is 1. The van der Waals surface area contributed by atoms with E-state index in [-0.39, 0.29) is 48.9 Å². The molecule has 4 rings (SSSR count). The molecule has 2 atom stereocenters. The van der Waals surface area contributed by atoms with Crippen LogP contribution in [0.4, 0.5) is 0 Å².